The molecule has 98 valence electrons. The molecule has 0 bridgehead atoms. The van der Waals surface area contributed by atoms with E-state index in [-0.39, 0.29) is 10.6 Å². The fourth-order valence-corrected chi connectivity index (χ4v) is 3.56. The van der Waals surface area contributed by atoms with Gasteiger partial charge in [0.1, 0.15) is 5.69 Å². The summed E-state index contributed by atoms with van der Waals surface area (Å²) < 4.78 is 5.91. The van der Waals surface area contributed by atoms with Gasteiger partial charge in [0, 0.05) is 19.0 Å². The van der Waals surface area contributed by atoms with Crippen molar-refractivity contribution in [2.45, 2.75) is 25.7 Å². The normalized spacial score (nSPS) is 21.6. The first kappa shape index (κ1) is 12.3. The van der Waals surface area contributed by atoms with Gasteiger partial charge in [0.25, 0.3) is 0 Å². The molecule has 1 saturated carbocycles. The Labute approximate surface area is 116 Å². The van der Waals surface area contributed by atoms with Crippen LogP contribution in [0.15, 0.2) is 0 Å². The Bertz CT molecular complexity index is 475. The van der Waals surface area contributed by atoms with Crippen molar-refractivity contribution in [3.63, 3.8) is 0 Å². The summed E-state index contributed by atoms with van der Waals surface area (Å²) in [4.78, 5) is 2.11. The Morgan fingerprint density at radius 2 is 1.83 bits per heavy atom. The maximum atomic E-state index is 6.12. The second-order valence-electron chi connectivity index (χ2n) is 5.31. The number of fused-ring (bicyclic) bond motifs is 1. The van der Waals surface area contributed by atoms with Gasteiger partial charge in [0.15, 0.2) is 16.1 Å². The number of aromatic nitrogens is 2. The molecule has 0 unspecified atom stereocenters. The highest BCUT2D eigenvalue weighted by molar-refractivity contribution is 6.34. The summed E-state index contributed by atoms with van der Waals surface area (Å²) in [5.74, 6) is 0.572. The van der Waals surface area contributed by atoms with Crippen LogP contribution in [0.25, 0.3) is 0 Å². The molecular weight excluding hydrogens is 273 g/mol. The third kappa shape index (κ3) is 1.91. The molecule has 0 radical (unpaired) electrons. The van der Waals surface area contributed by atoms with Crippen molar-refractivity contribution in [1.82, 2.24) is 10.2 Å². The van der Waals surface area contributed by atoms with Gasteiger partial charge in [-0.25, -0.2) is 0 Å². The maximum Gasteiger partial charge on any atom is 0.195 e. The van der Waals surface area contributed by atoms with Crippen LogP contribution in [0.3, 0.4) is 0 Å². The predicted molar refractivity (Wildman–Crippen MR) is 71.7 cm³/mol. The van der Waals surface area contributed by atoms with Crippen molar-refractivity contribution < 1.29 is 4.74 Å². The number of nitrogens with zero attached hydrogens (tertiary/aromatic N) is 3. The van der Waals surface area contributed by atoms with Crippen LogP contribution in [0.1, 0.15) is 25.7 Å². The molecule has 2 heterocycles. The summed E-state index contributed by atoms with van der Waals surface area (Å²) in [5.41, 5.74) is 0.987. The smallest absolute Gasteiger partial charge is 0.195 e. The Hall–Kier alpha value is -0.740. The van der Waals surface area contributed by atoms with E-state index in [2.05, 4.69) is 15.1 Å². The van der Waals surface area contributed by atoms with Crippen molar-refractivity contribution in [2.24, 2.45) is 5.41 Å². The minimum atomic E-state index is 0.223. The average molecular weight is 288 g/mol. The van der Waals surface area contributed by atoms with Crippen LogP contribution < -0.4 is 9.64 Å². The van der Waals surface area contributed by atoms with Gasteiger partial charge >= 0.3 is 0 Å². The summed E-state index contributed by atoms with van der Waals surface area (Å²) in [6.07, 6.45) is 4.93. The van der Waals surface area contributed by atoms with E-state index >= 15 is 0 Å². The van der Waals surface area contributed by atoms with Crippen LogP contribution in [0.4, 0.5) is 5.69 Å². The van der Waals surface area contributed by atoms with Gasteiger partial charge < -0.3 is 9.64 Å². The highest BCUT2D eigenvalue weighted by Gasteiger charge is 2.39. The molecule has 4 nitrogen and oxygen atoms in total. The topological polar surface area (TPSA) is 38.2 Å². The SMILES string of the molecule is CN1CC2(CCCC2)COc2c(Cl)nnc(Cl)c21. The van der Waals surface area contributed by atoms with E-state index in [1.54, 1.807) is 0 Å². The zero-order chi connectivity index (χ0) is 12.8. The van der Waals surface area contributed by atoms with Gasteiger partial charge in [-0.2, -0.15) is 0 Å². The summed E-state index contributed by atoms with van der Waals surface area (Å²) in [7, 11) is 2.01. The molecule has 18 heavy (non-hydrogen) atoms. The second kappa shape index (κ2) is 4.42. The fraction of sp³-hybridized carbons (Fsp3) is 0.667. The molecule has 1 spiro atoms. The van der Waals surface area contributed by atoms with E-state index in [4.69, 9.17) is 27.9 Å². The zero-order valence-electron chi connectivity index (χ0n) is 10.2. The minimum absolute atomic E-state index is 0.223. The highest BCUT2D eigenvalue weighted by Crippen LogP contribution is 2.47. The fourth-order valence-electron chi connectivity index (χ4n) is 3.11. The lowest BCUT2D eigenvalue weighted by Gasteiger charge is -2.30. The van der Waals surface area contributed by atoms with E-state index in [1.807, 2.05) is 7.05 Å². The lowest BCUT2D eigenvalue weighted by Crippen LogP contribution is -2.35. The summed E-state index contributed by atoms with van der Waals surface area (Å²) >= 11 is 12.2. The number of rotatable bonds is 0. The van der Waals surface area contributed by atoms with Gasteiger partial charge in [-0.3, -0.25) is 0 Å². The molecule has 0 atom stereocenters. The molecule has 0 aromatic carbocycles. The zero-order valence-corrected chi connectivity index (χ0v) is 11.8. The molecule has 1 aromatic heterocycles. The first-order chi connectivity index (χ1) is 8.61. The Morgan fingerprint density at radius 1 is 1.17 bits per heavy atom. The van der Waals surface area contributed by atoms with Gasteiger partial charge in [-0.1, -0.05) is 36.0 Å². The first-order valence-corrected chi connectivity index (χ1v) is 6.93. The summed E-state index contributed by atoms with van der Waals surface area (Å²) in [5, 5.41) is 8.32. The third-order valence-electron chi connectivity index (χ3n) is 3.96. The number of anilines is 1. The Morgan fingerprint density at radius 3 is 2.56 bits per heavy atom. The predicted octanol–water partition coefficient (Wildman–Crippen LogP) is 3.17. The van der Waals surface area contributed by atoms with E-state index in [9.17, 15) is 0 Å². The van der Waals surface area contributed by atoms with Crippen LogP contribution in [0.2, 0.25) is 10.3 Å². The van der Waals surface area contributed by atoms with Crippen LogP contribution in [0.5, 0.6) is 5.75 Å². The molecule has 1 fully saturated rings. The molecule has 0 N–H and O–H groups in total. The largest absolute Gasteiger partial charge is 0.487 e. The molecule has 6 heteroatoms. The molecule has 1 aliphatic carbocycles. The van der Waals surface area contributed by atoms with Gasteiger partial charge in [0.2, 0.25) is 0 Å². The molecule has 1 aromatic rings. The highest BCUT2D eigenvalue weighted by atomic mass is 35.5. The van der Waals surface area contributed by atoms with Crippen molar-refractivity contribution in [3.05, 3.63) is 10.3 Å². The molecule has 2 aliphatic rings. The van der Waals surface area contributed by atoms with E-state index in [0.717, 1.165) is 12.2 Å². The maximum absolute atomic E-state index is 6.12. The second-order valence-corrected chi connectivity index (χ2v) is 6.03. The average Bonchev–Trinajstić information content (AvgIpc) is 2.72. The Kier molecular flexibility index (Phi) is 3.02. The standard InChI is InChI=1S/C12H15Cl2N3O/c1-17-6-12(4-2-3-5-12)7-18-9-8(17)10(13)15-16-11(9)14/h2-7H2,1H3. The molecule has 0 amide bonds. The summed E-state index contributed by atoms with van der Waals surface area (Å²) in [6, 6.07) is 0. The van der Waals surface area contributed by atoms with Crippen LogP contribution in [0, 0.1) is 5.41 Å². The van der Waals surface area contributed by atoms with Crippen LogP contribution >= 0.6 is 23.2 Å². The Balaban J connectivity index is 2.02. The number of ether oxygens (including phenoxy) is 1. The lowest BCUT2D eigenvalue weighted by molar-refractivity contribution is 0.165. The van der Waals surface area contributed by atoms with Gasteiger partial charge in [-0.15, -0.1) is 10.2 Å². The first-order valence-electron chi connectivity index (χ1n) is 6.17. The quantitative estimate of drug-likeness (QED) is 0.735. The van der Waals surface area contributed by atoms with E-state index < -0.39 is 0 Å². The van der Waals surface area contributed by atoms with Crippen LogP contribution in [-0.4, -0.2) is 30.4 Å². The number of hydrogen-bond donors (Lipinski definition) is 0. The van der Waals surface area contributed by atoms with E-state index in [0.29, 0.717) is 17.5 Å². The van der Waals surface area contributed by atoms with E-state index in [1.165, 1.54) is 25.7 Å². The molecule has 0 saturated heterocycles. The minimum Gasteiger partial charge on any atom is -0.487 e. The van der Waals surface area contributed by atoms with Crippen molar-refractivity contribution in [1.29, 1.82) is 0 Å². The van der Waals surface area contributed by atoms with Crippen LogP contribution in [-0.2, 0) is 0 Å². The monoisotopic (exact) mass is 287 g/mol. The van der Waals surface area contributed by atoms with Crippen molar-refractivity contribution in [2.75, 3.05) is 25.1 Å². The van der Waals surface area contributed by atoms with Crippen molar-refractivity contribution >= 4 is 28.9 Å². The number of hydrogen-bond acceptors (Lipinski definition) is 4. The molecule has 1 aliphatic heterocycles. The van der Waals surface area contributed by atoms with Crippen molar-refractivity contribution in [3.8, 4) is 5.75 Å². The third-order valence-corrected chi connectivity index (χ3v) is 4.47. The molecule has 3 rings (SSSR count). The van der Waals surface area contributed by atoms with Gasteiger partial charge in [-0.05, 0) is 12.8 Å². The lowest BCUT2D eigenvalue weighted by atomic mass is 9.87. The number of halogens is 2. The van der Waals surface area contributed by atoms with Gasteiger partial charge in [0.05, 0.1) is 6.61 Å². The molecular formula is C12H15Cl2N3O. The summed E-state index contributed by atoms with van der Waals surface area (Å²) in [6.45, 7) is 1.62.